The molecule has 0 aromatic heterocycles. The Morgan fingerprint density at radius 2 is 1.94 bits per heavy atom. The van der Waals surface area contributed by atoms with Crippen molar-refractivity contribution in [3.05, 3.63) is 29.8 Å². The van der Waals surface area contributed by atoms with Gasteiger partial charge in [0.1, 0.15) is 11.8 Å². The van der Waals surface area contributed by atoms with E-state index < -0.39 is 6.04 Å². The molecule has 0 unspecified atom stereocenters. The van der Waals surface area contributed by atoms with Crippen molar-refractivity contribution in [2.75, 3.05) is 7.11 Å². The SMILES string of the molecule is COc1ccc(CN2C(=O)N[C@@H](C)C2=O)cc1. The van der Waals surface area contributed by atoms with Gasteiger partial charge >= 0.3 is 6.03 Å². The van der Waals surface area contributed by atoms with Crippen LogP contribution in [0.4, 0.5) is 4.79 Å². The van der Waals surface area contributed by atoms with Crippen LogP contribution >= 0.6 is 0 Å². The lowest BCUT2D eigenvalue weighted by atomic mass is 10.2. The second kappa shape index (κ2) is 4.45. The molecule has 0 bridgehead atoms. The average Bonchev–Trinajstić information content (AvgIpc) is 2.57. The van der Waals surface area contributed by atoms with E-state index in [-0.39, 0.29) is 11.9 Å². The van der Waals surface area contributed by atoms with Gasteiger partial charge in [0.2, 0.25) is 0 Å². The van der Waals surface area contributed by atoms with Crippen molar-refractivity contribution < 1.29 is 14.3 Å². The molecule has 90 valence electrons. The quantitative estimate of drug-likeness (QED) is 0.798. The molecule has 3 amide bonds. The van der Waals surface area contributed by atoms with Gasteiger partial charge in [0.25, 0.3) is 5.91 Å². The van der Waals surface area contributed by atoms with Crippen molar-refractivity contribution in [2.45, 2.75) is 19.5 Å². The maximum Gasteiger partial charge on any atom is 0.325 e. The van der Waals surface area contributed by atoms with Crippen LogP contribution in [0.1, 0.15) is 12.5 Å². The van der Waals surface area contributed by atoms with Gasteiger partial charge in [0, 0.05) is 0 Å². The van der Waals surface area contributed by atoms with E-state index in [1.807, 2.05) is 12.1 Å². The summed E-state index contributed by atoms with van der Waals surface area (Å²) in [7, 11) is 1.59. The minimum Gasteiger partial charge on any atom is -0.497 e. The first-order chi connectivity index (χ1) is 8.11. The second-order valence-electron chi connectivity index (χ2n) is 3.94. The van der Waals surface area contributed by atoms with Crippen LogP contribution in [0.5, 0.6) is 5.75 Å². The number of ether oxygens (including phenoxy) is 1. The summed E-state index contributed by atoms with van der Waals surface area (Å²) in [4.78, 5) is 24.4. The summed E-state index contributed by atoms with van der Waals surface area (Å²) in [6.45, 7) is 1.97. The van der Waals surface area contributed by atoms with Crippen molar-refractivity contribution in [1.29, 1.82) is 0 Å². The molecule has 1 saturated heterocycles. The Morgan fingerprint density at radius 1 is 1.29 bits per heavy atom. The number of rotatable bonds is 3. The van der Waals surface area contributed by atoms with Crippen LogP contribution in [0.25, 0.3) is 0 Å². The van der Waals surface area contributed by atoms with Gasteiger partial charge in [-0.25, -0.2) is 4.79 Å². The lowest BCUT2D eigenvalue weighted by molar-refractivity contribution is -0.127. The Morgan fingerprint density at radius 3 is 2.41 bits per heavy atom. The van der Waals surface area contributed by atoms with Gasteiger partial charge in [0.05, 0.1) is 13.7 Å². The van der Waals surface area contributed by atoms with Crippen molar-refractivity contribution in [3.8, 4) is 5.75 Å². The first kappa shape index (κ1) is 11.4. The summed E-state index contributed by atoms with van der Waals surface area (Å²) >= 11 is 0. The maximum absolute atomic E-state index is 11.7. The average molecular weight is 234 g/mol. The van der Waals surface area contributed by atoms with E-state index >= 15 is 0 Å². The number of urea groups is 1. The van der Waals surface area contributed by atoms with Crippen LogP contribution in [-0.4, -0.2) is 30.0 Å². The third kappa shape index (κ3) is 2.22. The van der Waals surface area contributed by atoms with Crippen molar-refractivity contribution in [3.63, 3.8) is 0 Å². The molecule has 1 N–H and O–H groups in total. The number of carbonyl (C=O) groups is 2. The molecule has 2 rings (SSSR count). The van der Waals surface area contributed by atoms with E-state index in [1.54, 1.807) is 26.2 Å². The van der Waals surface area contributed by atoms with Crippen molar-refractivity contribution in [1.82, 2.24) is 10.2 Å². The molecule has 0 aliphatic carbocycles. The summed E-state index contributed by atoms with van der Waals surface area (Å²) in [5.74, 6) is 0.560. The molecule has 1 atom stereocenters. The number of nitrogens with zero attached hydrogens (tertiary/aromatic N) is 1. The molecule has 5 nitrogen and oxygen atoms in total. The Labute approximate surface area is 99.4 Å². The Kier molecular flexibility index (Phi) is 2.99. The van der Waals surface area contributed by atoms with Crippen LogP contribution in [-0.2, 0) is 11.3 Å². The number of hydrogen-bond donors (Lipinski definition) is 1. The molecule has 0 spiro atoms. The smallest absolute Gasteiger partial charge is 0.325 e. The number of methoxy groups -OCH3 is 1. The van der Waals surface area contributed by atoms with Gasteiger partial charge in [0.15, 0.2) is 0 Å². The molecule has 1 aromatic carbocycles. The predicted octanol–water partition coefficient (Wildman–Crippen LogP) is 1.14. The van der Waals surface area contributed by atoms with Crippen molar-refractivity contribution in [2.24, 2.45) is 0 Å². The fourth-order valence-corrected chi connectivity index (χ4v) is 1.72. The molecule has 0 saturated carbocycles. The highest BCUT2D eigenvalue weighted by Gasteiger charge is 2.34. The largest absolute Gasteiger partial charge is 0.497 e. The van der Waals surface area contributed by atoms with Crippen molar-refractivity contribution >= 4 is 11.9 Å². The third-order valence-electron chi connectivity index (χ3n) is 2.72. The molecule has 1 heterocycles. The number of imide groups is 1. The summed E-state index contributed by atoms with van der Waals surface area (Å²) in [5.41, 5.74) is 0.892. The number of amides is 3. The normalized spacial score (nSPS) is 19.4. The zero-order valence-corrected chi connectivity index (χ0v) is 9.77. The summed E-state index contributed by atoms with van der Waals surface area (Å²) in [6.07, 6.45) is 0. The van der Waals surface area contributed by atoms with E-state index in [9.17, 15) is 9.59 Å². The molecular formula is C12H14N2O3. The van der Waals surface area contributed by atoms with E-state index in [1.165, 1.54) is 4.90 Å². The van der Waals surface area contributed by atoms with Crippen LogP contribution in [0.15, 0.2) is 24.3 Å². The monoisotopic (exact) mass is 234 g/mol. The van der Waals surface area contributed by atoms with E-state index in [4.69, 9.17) is 4.74 Å². The molecule has 1 fully saturated rings. The first-order valence-electron chi connectivity index (χ1n) is 5.36. The van der Waals surface area contributed by atoms with E-state index in [0.29, 0.717) is 6.54 Å². The van der Waals surface area contributed by atoms with Crippen LogP contribution < -0.4 is 10.1 Å². The highest BCUT2D eigenvalue weighted by atomic mass is 16.5. The van der Waals surface area contributed by atoms with Gasteiger partial charge < -0.3 is 10.1 Å². The predicted molar refractivity (Wildman–Crippen MR) is 61.5 cm³/mol. The molecule has 1 aliphatic heterocycles. The number of benzene rings is 1. The van der Waals surface area contributed by atoms with E-state index in [2.05, 4.69) is 5.32 Å². The molecule has 1 aliphatic rings. The molecule has 17 heavy (non-hydrogen) atoms. The third-order valence-corrected chi connectivity index (χ3v) is 2.72. The lowest BCUT2D eigenvalue weighted by Gasteiger charge is -2.12. The zero-order chi connectivity index (χ0) is 12.4. The van der Waals surface area contributed by atoms with Crippen LogP contribution in [0.3, 0.4) is 0 Å². The topological polar surface area (TPSA) is 58.6 Å². The van der Waals surface area contributed by atoms with Gasteiger partial charge in [-0.1, -0.05) is 12.1 Å². The second-order valence-corrected chi connectivity index (χ2v) is 3.94. The van der Waals surface area contributed by atoms with Gasteiger partial charge in [-0.15, -0.1) is 0 Å². The number of nitrogens with one attached hydrogen (secondary N) is 1. The molecule has 1 aromatic rings. The zero-order valence-electron chi connectivity index (χ0n) is 9.77. The standard InChI is InChI=1S/C12H14N2O3/c1-8-11(15)14(12(16)13-8)7-9-3-5-10(17-2)6-4-9/h3-6,8H,7H2,1-2H3,(H,13,16)/t8-/m0/s1. The fraction of sp³-hybridized carbons (Fsp3) is 0.333. The number of carbonyl (C=O) groups excluding carboxylic acids is 2. The van der Waals surface area contributed by atoms with Crippen LogP contribution in [0, 0.1) is 0 Å². The molecule has 5 heteroatoms. The molecular weight excluding hydrogens is 220 g/mol. The Bertz CT molecular complexity index is 442. The fourth-order valence-electron chi connectivity index (χ4n) is 1.72. The van der Waals surface area contributed by atoms with Gasteiger partial charge in [-0.2, -0.15) is 0 Å². The highest BCUT2D eigenvalue weighted by Crippen LogP contribution is 2.15. The minimum absolute atomic E-state index is 0.189. The number of hydrogen-bond acceptors (Lipinski definition) is 3. The molecule has 0 radical (unpaired) electrons. The summed E-state index contributed by atoms with van der Waals surface area (Å²) in [6, 6.07) is 6.51. The Balaban J connectivity index is 2.10. The Hall–Kier alpha value is -2.04. The highest BCUT2D eigenvalue weighted by molar-refractivity contribution is 6.03. The van der Waals surface area contributed by atoms with Crippen LogP contribution in [0.2, 0.25) is 0 Å². The van der Waals surface area contributed by atoms with Gasteiger partial charge in [-0.05, 0) is 24.6 Å². The lowest BCUT2D eigenvalue weighted by Crippen LogP contribution is -2.30. The summed E-state index contributed by atoms with van der Waals surface area (Å²) < 4.78 is 5.04. The minimum atomic E-state index is -0.430. The summed E-state index contributed by atoms with van der Waals surface area (Å²) in [5, 5.41) is 2.57. The van der Waals surface area contributed by atoms with Gasteiger partial charge in [-0.3, -0.25) is 9.69 Å². The first-order valence-corrected chi connectivity index (χ1v) is 5.36. The maximum atomic E-state index is 11.7. The van der Waals surface area contributed by atoms with E-state index in [0.717, 1.165) is 11.3 Å².